The SMILES string of the molecule is CCOc1ccc(/C=C/C(=O)Nc2ccccc2C(F)(F)F)cc1OC. The number of hydrogen-bond donors (Lipinski definition) is 1. The van der Waals surface area contributed by atoms with E-state index in [4.69, 9.17) is 9.47 Å². The van der Waals surface area contributed by atoms with Crippen LogP contribution in [0, 0.1) is 0 Å². The third kappa shape index (κ3) is 5.02. The molecule has 0 fully saturated rings. The molecule has 1 amide bonds. The standard InChI is InChI=1S/C19H18F3NO3/c1-3-26-16-10-8-13(12-17(16)25-2)9-11-18(24)23-15-7-5-4-6-14(15)19(20,21)22/h4-12H,3H2,1-2H3,(H,23,24)/b11-9+. The highest BCUT2D eigenvalue weighted by Gasteiger charge is 2.33. The van der Waals surface area contributed by atoms with E-state index in [2.05, 4.69) is 5.32 Å². The van der Waals surface area contributed by atoms with Crippen LogP contribution in [0.5, 0.6) is 11.5 Å². The number of methoxy groups -OCH3 is 1. The number of para-hydroxylation sites is 1. The van der Waals surface area contributed by atoms with E-state index in [0.717, 1.165) is 12.1 Å². The van der Waals surface area contributed by atoms with Gasteiger partial charge in [-0.05, 0) is 42.8 Å². The van der Waals surface area contributed by atoms with Crippen molar-refractivity contribution >= 4 is 17.7 Å². The topological polar surface area (TPSA) is 47.6 Å². The Morgan fingerprint density at radius 3 is 2.54 bits per heavy atom. The molecular weight excluding hydrogens is 347 g/mol. The summed E-state index contributed by atoms with van der Waals surface area (Å²) in [4.78, 5) is 12.0. The minimum atomic E-state index is -4.55. The zero-order chi connectivity index (χ0) is 19.2. The van der Waals surface area contributed by atoms with Gasteiger partial charge in [-0.15, -0.1) is 0 Å². The highest BCUT2D eigenvalue weighted by molar-refractivity contribution is 6.02. The number of hydrogen-bond acceptors (Lipinski definition) is 3. The van der Waals surface area contributed by atoms with E-state index < -0.39 is 17.6 Å². The second-order valence-corrected chi connectivity index (χ2v) is 5.21. The summed E-state index contributed by atoms with van der Waals surface area (Å²) in [5, 5.41) is 2.25. The number of nitrogens with one attached hydrogen (secondary N) is 1. The number of carbonyl (C=O) groups is 1. The van der Waals surface area contributed by atoms with Gasteiger partial charge in [0.25, 0.3) is 0 Å². The molecule has 4 nitrogen and oxygen atoms in total. The van der Waals surface area contributed by atoms with Crippen molar-refractivity contribution in [1.82, 2.24) is 0 Å². The van der Waals surface area contributed by atoms with Gasteiger partial charge in [-0.1, -0.05) is 18.2 Å². The molecule has 2 aromatic rings. The second-order valence-electron chi connectivity index (χ2n) is 5.21. The fourth-order valence-electron chi connectivity index (χ4n) is 2.25. The lowest BCUT2D eigenvalue weighted by Crippen LogP contribution is -2.14. The minimum Gasteiger partial charge on any atom is -0.493 e. The molecule has 0 aromatic heterocycles. The first-order valence-corrected chi connectivity index (χ1v) is 7.81. The zero-order valence-electron chi connectivity index (χ0n) is 14.3. The Morgan fingerprint density at radius 2 is 1.88 bits per heavy atom. The molecule has 0 saturated heterocycles. The van der Waals surface area contributed by atoms with Gasteiger partial charge in [-0.3, -0.25) is 4.79 Å². The number of benzene rings is 2. The summed E-state index contributed by atoms with van der Waals surface area (Å²) in [5.41, 5.74) is -0.548. The van der Waals surface area contributed by atoms with Gasteiger partial charge in [0.2, 0.25) is 5.91 Å². The van der Waals surface area contributed by atoms with E-state index in [0.29, 0.717) is 23.7 Å². The average Bonchev–Trinajstić information content (AvgIpc) is 2.60. The van der Waals surface area contributed by atoms with Crippen LogP contribution in [0.25, 0.3) is 6.08 Å². The summed E-state index contributed by atoms with van der Waals surface area (Å²) in [6.45, 7) is 2.32. The molecule has 26 heavy (non-hydrogen) atoms. The first kappa shape index (κ1) is 19.4. The Kier molecular flexibility index (Phi) is 6.27. The van der Waals surface area contributed by atoms with Crippen molar-refractivity contribution in [2.45, 2.75) is 13.1 Å². The maximum absolute atomic E-state index is 12.9. The van der Waals surface area contributed by atoms with Crippen LogP contribution in [0.2, 0.25) is 0 Å². The number of halogens is 3. The molecule has 0 radical (unpaired) electrons. The van der Waals surface area contributed by atoms with E-state index >= 15 is 0 Å². The van der Waals surface area contributed by atoms with Crippen molar-refractivity contribution in [3.05, 3.63) is 59.7 Å². The summed E-state index contributed by atoms with van der Waals surface area (Å²) in [7, 11) is 1.49. The van der Waals surface area contributed by atoms with E-state index in [1.165, 1.54) is 31.4 Å². The van der Waals surface area contributed by atoms with Crippen molar-refractivity contribution in [3.63, 3.8) is 0 Å². The molecule has 2 aromatic carbocycles. The molecule has 0 aliphatic carbocycles. The summed E-state index contributed by atoms with van der Waals surface area (Å²) >= 11 is 0. The summed E-state index contributed by atoms with van der Waals surface area (Å²) in [6, 6.07) is 9.87. The monoisotopic (exact) mass is 365 g/mol. The molecule has 0 spiro atoms. The number of ether oxygens (including phenoxy) is 2. The van der Waals surface area contributed by atoms with Gasteiger partial charge in [0, 0.05) is 6.08 Å². The van der Waals surface area contributed by atoms with Gasteiger partial charge in [-0.25, -0.2) is 0 Å². The number of amides is 1. The predicted molar refractivity (Wildman–Crippen MR) is 93.3 cm³/mol. The van der Waals surface area contributed by atoms with Crippen molar-refractivity contribution in [2.24, 2.45) is 0 Å². The summed E-state index contributed by atoms with van der Waals surface area (Å²) in [6.07, 6.45) is -1.91. The van der Waals surface area contributed by atoms with Crippen LogP contribution < -0.4 is 14.8 Å². The fourth-order valence-corrected chi connectivity index (χ4v) is 2.25. The van der Waals surface area contributed by atoms with E-state index in [1.807, 2.05) is 6.92 Å². The quantitative estimate of drug-likeness (QED) is 0.751. The van der Waals surface area contributed by atoms with Gasteiger partial charge >= 0.3 is 6.18 Å². The van der Waals surface area contributed by atoms with Crippen molar-refractivity contribution in [3.8, 4) is 11.5 Å². The zero-order valence-corrected chi connectivity index (χ0v) is 14.3. The molecular formula is C19H18F3NO3. The maximum atomic E-state index is 12.9. The van der Waals surface area contributed by atoms with E-state index in [-0.39, 0.29) is 5.69 Å². The highest BCUT2D eigenvalue weighted by atomic mass is 19.4. The highest BCUT2D eigenvalue weighted by Crippen LogP contribution is 2.34. The number of carbonyl (C=O) groups excluding carboxylic acids is 1. The third-order valence-corrected chi connectivity index (χ3v) is 3.41. The van der Waals surface area contributed by atoms with Crippen molar-refractivity contribution in [2.75, 3.05) is 19.0 Å². The maximum Gasteiger partial charge on any atom is 0.418 e. The second kappa shape index (κ2) is 8.42. The predicted octanol–water partition coefficient (Wildman–Crippen LogP) is 4.76. The molecule has 0 atom stereocenters. The number of rotatable bonds is 6. The van der Waals surface area contributed by atoms with Gasteiger partial charge in [0.15, 0.2) is 11.5 Å². The van der Waals surface area contributed by atoms with Gasteiger partial charge in [-0.2, -0.15) is 13.2 Å². The first-order chi connectivity index (χ1) is 12.3. The third-order valence-electron chi connectivity index (χ3n) is 3.41. The van der Waals surface area contributed by atoms with Crippen molar-refractivity contribution in [1.29, 1.82) is 0 Å². The minimum absolute atomic E-state index is 0.293. The van der Waals surface area contributed by atoms with Gasteiger partial charge in [0.05, 0.1) is 25.0 Å². The van der Waals surface area contributed by atoms with Gasteiger partial charge < -0.3 is 14.8 Å². The van der Waals surface area contributed by atoms with E-state index in [9.17, 15) is 18.0 Å². The first-order valence-electron chi connectivity index (χ1n) is 7.81. The fraction of sp³-hybridized carbons (Fsp3) is 0.211. The number of anilines is 1. The van der Waals surface area contributed by atoms with Crippen LogP contribution in [0.3, 0.4) is 0 Å². The van der Waals surface area contributed by atoms with Gasteiger partial charge in [0.1, 0.15) is 0 Å². The molecule has 7 heteroatoms. The van der Waals surface area contributed by atoms with E-state index in [1.54, 1.807) is 18.2 Å². The van der Waals surface area contributed by atoms with Crippen LogP contribution in [-0.2, 0) is 11.0 Å². The molecule has 0 saturated carbocycles. The number of alkyl halides is 3. The largest absolute Gasteiger partial charge is 0.493 e. The molecule has 0 aliphatic rings. The Bertz CT molecular complexity index is 801. The summed E-state index contributed by atoms with van der Waals surface area (Å²) < 4.78 is 49.4. The molecule has 1 N–H and O–H groups in total. The van der Waals surface area contributed by atoms with Crippen LogP contribution >= 0.6 is 0 Å². The molecule has 2 rings (SSSR count). The van der Waals surface area contributed by atoms with Crippen molar-refractivity contribution < 1.29 is 27.4 Å². The summed E-state index contributed by atoms with van der Waals surface area (Å²) in [5.74, 6) is 0.391. The lowest BCUT2D eigenvalue weighted by molar-refractivity contribution is -0.136. The Morgan fingerprint density at radius 1 is 1.15 bits per heavy atom. The smallest absolute Gasteiger partial charge is 0.418 e. The van der Waals surface area contributed by atoms with Crippen LogP contribution in [-0.4, -0.2) is 19.6 Å². The molecule has 0 bridgehead atoms. The molecule has 0 heterocycles. The molecule has 138 valence electrons. The van der Waals surface area contributed by atoms with Crippen LogP contribution in [0.15, 0.2) is 48.5 Å². The normalized spacial score (nSPS) is 11.4. The Hall–Kier alpha value is -2.96. The average molecular weight is 365 g/mol. The lowest BCUT2D eigenvalue weighted by Gasteiger charge is -2.12. The molecule has 0 unspecified atom stereocenters. The Labute approximate surface area is 149 Å². The Balaban J connectivity index is 2.14. The lowest BCUT2D eigenvalue weighted by atomic mass is 10.1. The van der Waals surface area contributed by atoms with Crippen LogP contribution in [0.1, 0.15) is 18.1 Å². The van der Waals surface area contributed by atoms with Crippen LogP contribution in [0.4, 0.5) is 18.9 Å². The molecule has 0 aliphatic heterocycles.